The number of carbonyl (C=O) groups excluding carboxylic acids is 2. The van der Waals surface area contributed by atoms with Crippen LogP contribution in [0.15, 0.2) is 71.6 Å². The molecule has 3 aromatic rings. The molecule has 1 N–H and O–H groups in total. The van der Waals surface area contributed by atoms with Gasteiger partial charge >= 0.3 is 0 Å². The minimum atomic E-state index is -4.15. The van der Waals surface area contributed by atoms with Crippen molar-refractivity contribution in [2.75, 3.05) is 17.4 Å². The standard InChI is InChI=1S/C29H34ClN3O4S/c1-6-31-29(35)23(5)32(18-24-14-10-20(2)11-15-24)28(34)19-33(27-9-7-8-26(30)22(27)4)38(36,37)25-16-12-21(3)13-17-25/h7-17,23H,6,18-19H2,1-5H3,(H,31,35). The molecule has 1 unspecified atom stereocenters. The van der Waals surface area contributed by atoms with Crippen molar-refractivity contribution >= 4 is 39.1 Å². The molecule has 0 saturated heterocycles. The number of carbonyl (C=O) groups is 2. The maximum atomic E-state index is 13.9. The third-order valence-electron chi connectivity index (χ3n) is 6.39. The Morgan fingerprint density at radius 2 is 1.50 bits per heavy atom. The third-order valence-corrected chi connectivity index (χ3v) is 8.57. The van der Waals surface area contributed by atoms with Gasteiger partial charge in [0.2, 0.25) is 11.8 Å². The zero-order chi connectivity index (χ0) is 28.0. The van der Waals surface area contributed by atoms with Crippen LogP contribution in [0.2, 0.25) is 5.02 Å². The van der Waals surface area contributed by atoms with Crippen LogP contribution in [-0.2, 0) is 26.2 Å². The predicted octanol–water partition coefficient (Wildman–Crippen LogP) is 5.01. The number of benzene rings is 3. The molecule has 0 saturated carbocycles. The van der Waals surface area contributed by atoms with E-state index in [1.807, 2.05) is 38.1 Å². The normalized spacial score (nSPS) is 12.1. The fourth-order valence-electron chi connectivity index (χ4n) is 4.01. The van der Waals surface area contributed by atoms with E-state index in [0.29, 0.717) is 22.8 Å². The Balaban J connectivity index is 2.07. The summed E-state index contributed by atoms with van der Waals surface area (Å²) in [6.07, 6.45) is 0. The highest BCUT2D eigenvalue weighted by molar-refractivity contribution is 7.92. The number of anilines is 1. The number of nitrogens with one attached hydrogen (secondary N) is 1. The number of rotatable bonds is 10. The van der Waals surface area contributed by atoms with Gasteiger partial charge in [0.1, 0.15) is 12.6 Å². The van der Waals surface area contributed by atoms with Crippen LogP contribution >= 0.6 is 11.6 Å². The Bertz CT molecular complexity index is 1390. The summed E-state index contributed by atoms with van der Waals surface area (Å²) in [4.78, 5) is 28.1. The number of aryl methyl sites for hydroxylation is 2. The average molecular weight is 556 g/mol. The van der Waals surface area contributed by atoms with Crippen LogP contribution in [0.1, 0.15) is 36.1 Å². The molecule has 9 heteroatoms. The Hall–Kier alpha value is -3.36. The van der Waals surface area contributed by atoms with Crippen molar-refractivity contribution in [1.29, 1.82) is 0 Å². The lowest BCUT2D eigenvalue weighted by molar-refractivity contribution is -0.139. The van der Waals surface area contributed by atoms with E-state index in [1.165, 1.54) is 17.0 Å². The molecule has 0 fully saturated rings. The highest BCUT2D eigenvalue weighted by Crippen LogP contribution is 2.31. The Labute approximate surface area is 230 Å². The van der Waals surface area contributed by atoms with Crippen molar-refractivity contribution in [3.8, 4) is 0 Å². The molecule has 0 aliphatic carbocycles. The Morgan fingerprint density at radius 3 is 2.08 bits per heavy atom. The monoisotopic (exact) mass is 555 g/mol. The number of hydrogen-bond acceptors (Lipinski definition) is 4. The summed E-state index contributed by atoms with van der Waals surface area (Å²) in [5.41, 5.74) is 3.62. The van der Waals surface area contributed by atoms with Crippen molar-refractivity contribution in [3.63, 3.8) is 0 Å². The van der Waals surface area contributed by atoms with Crippen molar-refractivity contribution in [2.24, 2.45) is 0 Å². The minimum absolute atomic E-state index is 0.0529. The molecule has 38 heavy (non-hydrogen) atoms. The smallest absolute Gasteiger partial charge is 0.264 e. The first-order chi connectivity index (χ1) is 17.9. The SMILES string of the molecule is CCNC(=O)C(C)N(Cc1ccc(C)cc1)C(=O)CN(c1cccc(Cl)c1C)S(=O)(=O)c1ccc(C)cc1. The number of nitrogens with zero attached hydrogens (tertiary/aromatic N) is 2. The molecule has 0 aliphatic rings. The summed E-state index contributed by atoms with van der Waals surface area (Å²) in [7, 11) is -4.15. The van der Waals surface area contributed by atoms with Crippen LogP contribution in [-0.4, -0.2) is 44.3 Å². The summed E-state index contributed by atoms with van der Waals surface area (Å²) >= 11 is 6.35. The number of halogens is 1. The fraction of sp³-hybridized carbons (Fsp3) is 0.310. The Morgan fingerprint density at radius 1 is 0.921 bits per heavy atom. The van der Waals surface area contributed by atoms with Crippen LogP contribution in [0.5, 0.6) is 0 Å². The fourth-order valence-corrected chi connectivity index (χ4v) is 5.65. The van der Waals surface area contributed by atoms with Gasteiger partial charge in [-0.1, -0.05) is 65.2 Å². The number of amides is 2. The van der Waals surface area contributed by atoms with Gasteiger partial charge in [-0.2, -0.15) is 0 Å². The molecule has 0 aromatic heterocycles. The van der Waals surface area contributed by atoms with E-state index in [-0.39, 0.29) is 17.3 Å². The van der Waals surface area contributed by atoms with Crippen LogP contribution in [0.4, 0.5) is 5.69 Å². The number of sulfonamides is 1. The van der Waals surface area contributed by atoms with E-state index in [9.17, 15) is 18.0 Å². The lowest BCUT2D eigenvalue weighted by Gasteiger charge is -2.32. The van der Waals surface area contributed by atoms with Gasteiger partial charge in [0.15, 0.2) is 0 Å². The lowest BCUT2D eigenvalue weighted by atomic mass is 10.1. The minimum Gasteiger partial charge on any atom is -0.355 e. The first-order valence-electron chi connectivity index (χ1n) is 12.4. The quantitative estimate of drug-likeness (QED) is 0.381. The molecular formula is C29H34ClN3O4S. The van der Waals surface area contributed by atoms with Crippen molar-refractivity contribution < 1.29 is 18.0 Å². The molecule has 3 rings (SSSR count). The van der Waals surface area contributed by atoms with Gasteiger partial charge in [-0.15, -0.1) is 0 Å². The van der Waals surface area contributed by atoms with Gasteiger partial charge in [-0.25, -0.2) is 8.42 Å². The first kappa shape index (κ1) is 29.2. The molecule has 202 valence electrons. The summed E-state index contributed by atoms with van der Waals surface area (Å²) < 4.78 is 28.9. The van der Waals surface area contributed by atoms with Crippen molar-refractivity contribution in [3.05, 3.63) is 94.0 Å². The number of likely N-dealkylation sites (N-methyl/N-ethyl adjacent to an activating group) is 1. The largest absolute Gasteiger partial charge is 0.355 e. The van der Waals surface area contributed by atoms with Gasteiger partial charge in [0, 0.05) is 18.1 Å². The molecule has 0 bridgehead atoms. The number of hydrogen-bond donors (Lipinski definition) is 1. The van der Waals surface area contributed by atoms with Gasteiger partial charge in [-0.3, -0.25) is 13.9 Å². The van der Waals surface area contributed by atoms with Crippen molar-refractivity contribution in [1.82, 2.24) is 10.2 Å². The van der Waals surface area contributed by atoms with Crippen LogP contribution < -0.4 is 9.62 Å². The second-order valence-corrected chi connectivity index (χ2v) is 11.6. The van der Waals surface area contributed by atoms with Gasteiger partial charge < -0.3 is 10.2 Å². The van der Waals surface area contributed by atoms with Crippen molar-refractivity contribution in [2.45, 2.75) is 52.1 Å². The second-order valence-electron chi connectivity index (χ2n) is 9.29. The topological polar surface area (TPSA) is 86.8 Å². The summed E-state index contributed by atoms with van der Waals surface area (Å²) in [5, 5.41) is 3.14. The Kier molecular flexibility index (Phi) is 9.57. The first-order valence-corrected chi connectivity index (χ1v) is 14.2. The molecule has 0 radical (unpaired) electrons. The van der Waals surface area contributed by atoms with E-state index in [2.05, 4.69) is 5.32 Å². The molecule has 1 atom stereocenters. The second kappa shape index (κ2) is 12.5. The van der Waals surface area contributed by atoms with E-state index in [1.54, 1.807) is 51.1 Å². The third kappa shape index (κ3) is 6.74. The van der Waals surface area contributed by atoms with E-state index < -0.39 is 28.5 Å². The summed E-state index contributed by atoms with van der Waals surface area (Å²) in [6, 6.07) is 18.2. The summed E-state index contributed by atoms with van der Waals surface area (Å²) in [5.74, 6) is -0.834. The molecule has 0 heterocycles. The lowest BCUT2D eigenvalue weighted by Crippen LogP contribution is -2.51. The molecule has 2 amide bonds. The van der Waals surface area contributed by atoms with Crippen LogP contribution in [0, 0.1) is 20.8 Å². The van der Waals surface area contributed by atoms with E-state index in [4.69, 9.17) is 11.6 Å². The molecule has 3 aromatic carbocycles. The highest BCUT2D eigenvalue weighted by Gasteiger charge is 2.33. The van der Waals surface area contributed by atoms with Gasteiger partial charge in [0.05, 0.1) is 10.6 Å². The zero-order valence-corrected chi connectivity index (χ0v) is 23.9. The predicted molar refractivity (Wildman–Crippen MR) is 152 cm³/mol. The molecule has 7 nitrogen and oxygen atoms in total. The van der Waals surface area contributed by atoms with Gasteiger partial charge in [-0.05, 0) is 70.0 Å². The van der Waals surface area contributed by atoms with Crippen LogP contribution in [0.3, 0.4) is 0 Å². The molecule has 0 spiro atoms. The highest BCUT2D eigenvalue weighted by atomic mass is 35.5. The summed E-state index contributed by atoms with van der Waals surface area (Å²) in [6.45, 7) is 9.02. The molecular weight excluding hydrogens is 522 g/mol. The van der Waals surface area contributed by atoms with Crippen LogP contribution in [0.25, 0.3) is 0 Å². The van der Waals surface area contributed by atoms with E-state index in [0.717, 1.165) is 21.0 Å². The zero-order valence-electron chi connectivity index (χ0n) is 22.4. The van der Waals surface area contributed by atoms with Gasteiger partial charge in [0.25, 0.3) is 10.0 Å². The maximum absolute atomic E-state index is 13.9. The molecule has 0 aliphatic heterocycles. The average Bonchev–Trinajstić information content (AvgIpc) is 2.88. The van der Waals surface area contributed by atoms with E-state index >= 15 is 0 Å². The maximum Gasteiger partial charge on any atom is 0.264 e.